The number of hydrogen-bond acceptors (Lipinski definition) is 6. The van der Waals surface area contributed by atoms with Crippen LogP contribution in [0.3, 0.4) is 0 Å². The van der Waals surface area contributed by atoms with Crippen molar-refractivity contribution in [1.29, 1.82) is 0 Å². The van der Waals surface area contributed by atoms with Crippen LogP contribution < -0.4 is 5.32 Å². The number of aromatic nitrogens is 2. The van der Waals surface area contributed by atoms with E-state index in [1.165, 1.54) is 42.2 Å². The Labute approximate surface area is 174 Å². The third-order valence-corrected chi connectivity index (χ3v) is 7.95. The van der Waals surface area contributed by atoms with E-state index >= 15 is 0 Å². The van der Waals surface area contributed by atoms with Gasteiger partial charge in [-0.15, -0.1) is 10.2 Å². The van der Waals surface area contributed by atoms with Gasteiger partial charge in [-0.05, 0) is 29.9 Å². The van der Waals surface area contributed by atoms with Crippen molar-refractivity contribution in [2.24, 2.45) is 0 Å². The van der Waals surface area contributed by atoms with Crippen LogP contribution in [0, 0.1) is 0 Å². The minimum Gasteiger partial charge on any atom is -0.353 e. The molecule has 0 unspecified atom stereocenters. The third-order valence-electron chi connectivity index (χ3n) is 4.69. The van der Waals surface area contributed by atoms with Crippen molar-refractivity contribution in [3.05, 3.63) is 35.4 Å². The molecule has 1 heterocycles. The number of thioether (sulfide) groups is 2. The average molecular weight is 422 g/mol. The first-order chi connectivity index (χ1) is 13.1. The number of carbonyl (C=O) groups is 1. The van der Waals surface area contributed by atoms with E-state index in [9.17, 15) is 4.79 Å². The molecule has 1 aliphatic rings. The molecule has 1 aromatic heterocycles. The summed E-state index contributed by atoms with van der Waals surface area (Å²) in [6.07, 6.45) is 6.00. The number of nitrogens with zero attached hydrogens (tertiary/aromatic N) is 2. The number of rotatable bonds is 8. The molecular formula is C20H27N3OS3. The summed E-state index contributed by atoms with van der Waals surface area (Å²) in [7, 11) is 0. The van der Waals surface area contributed by atoms with Crippen LogP contribution in [0.4, 0.5) is 0 Å². The second-order valence-electron chi connectivity index (χ2n) is 7.21. The standard InChI is InChI=1S/C20H27N3OS3/c1-14(2)16-10-8-15(9-11-16)12-25-19-22-23-20(27-19)26-13-18(24)21-17-6-4-3-5-7-17/h8-11,14,17H,3-7,12-13H2,1-2H3,(H,21,24). The van der Waals surface area contributed by atoms with E-state index in [1.807, 2.05) is 0 Å². The summed E-state index contributed by atoms with van der Waals surface area (Å²) in [5.74, 6) is 1.98. The summed E-state index contributed by atoms with van der Waals surface area (Å²) < 4.78 is 1.82. The Bertz CT molecular complexity index is 724. The van der Waals surface area contributed by atoms with E-state index in [2.05, 4.69) is 53.6 Å². The van der Waals surface area contributed by atoms with E-state index in [0.717, 1.165) is 27.3 Å². The molecule has 0 saturated heterocycles. The first-order valence-electron chi connectivity index (χ1n) is 9.57. The quantitative estimate of drug-likeness (QED) is 0.571. The van der Waals surface area contributed by atoms with Crippen molar-refractivity contribution in [3.8, 4) is 0 Å². The molecule has 7 heteroatoms. The molecule has 1 fully saturated rings. The average Bonchev–Trinajstić information content (AvgIpc) is 3.14. The lowest BCUT2D eigenvalue weighted by atomic mass is 9.95. The Morgan fingerprint density at radius 2 is 1.78 bits per heavy atom. The highest BCUT2D eigenvalue weighted by Crippen LogP contribution is 2.31. The molecule has 1 aromatic carbocycles. The smallest absolute Gasteiger partial charge is 0.230 e. The van der Waals surface area contributed by atoms with Gasteiger partial charge in [0.1, 0.15) is 0 Å². The molecule has 1 N–H and O–H groups in total. The van der Waals surface area contributed by atoms with Gasteiger partial charge in [0.15, 0.2) is 8.68 Å². The molecule has 4 nitrogen and oxygen atoms in total. The van der Waals surface area contributed by atoms with Crippen molar-refractivity contribution in [1.82, 2.24) is 15.5 Å². The Morgan fingerprint density at radius 3 is 2.44 bits per heavy atom. The molecule has 1 aliphatic carbocycles. The van der Waals surface area contributed by atoms with Gasteiger partial charge in [0.25, 0.3) is 0 Å². The molecule has 0 bridgehead atoms. The molecule has 0 radical (unpaired) electrons. The monoisotopic (exact) mass is 421 g/mol. The predicted octanol–water partition coefficient (Wildman–Crippen LogP) is 5.49. The van der Waals surface area contributed by atoms with E-state index in [4.69, 9.17) is 0 Å². The predicted molar refractivity (Wildman–Crippen MR) is 116 cm³/mol. The Morgan fingerprint density at radius 1 is 1.11 bits per heavy atom. The number of benzene rings is 1. The zero-order valence-electron chi connectivity index (χ0n) is 15.9. The second-order valence-corrected chi connectivity index (χ2v) is 10.6. The normalized spacial score (nSPS) is 15.2. The van der Waals surface area contributed by atoms with Crippen LogP contribution in [0.5, 0.6) is 0 Å². The number of amides is 1. The number of nitrogens with one attached hydrogen (secondary N) is 1. The lowest BCUT2D eigenvalue weighted by Gasteiger charge is -2.22. The van der Waals surface area contributed by atoms with Gasteiger partial charge >= 0.3 is 0 Å². The van der Waals surface area contributed by atoms with Gasteiger partial charge in [-0.1, -0.05) is 92.2 Å². The minimum atomic E-state index is 0.113. The summed E-state index contributed by atoms with van der Waals surface area (Å²) in [6, 6.07) is 9.15. The van der Waals surface area contributed by atoms with Crippen LogP contribution in [-0.2, 0) is 10.5 Å². The van der Waals surface area contributed by atoms with E-state index in [-0.39, 0.29) is 5.91 Å². The van der Waals surface area contributed by atoms with Crippen LogP contribution in [0.2, 0.25) is 0 Å². The fraction of sp³-hybridized carbons (Fsp3) is 0.550. The molecule has 2 aromatic rings. The lowest BCUT2D eigenvalue weighted by molar-refractivity contribution is -0.119. The van der Waals surface area contributed by atoms with Gasteiger partial charge in [0.05, 0.1) is 5.75 Å². The van der Waals surface area contributed by atoms with Crippen LogP contribution in [-0.4, -0.2) is 27.9 Å². The van der Waals surface area contributed by atoms with Gasteiger partial charge in [0.2, 0.25) is 5.91 Å². The van der Waals surface area contributed by atoms with E-state index < -0.39 is 0 Å². The largest absolute Gasteiger partial charge is 0.353 e. The van der Waals surface area contributed by atoms with Crippen molar-refractivity contribution in [2.45, 2.75) is 72.3 Å². The summed E-state index contributed by atoms with van der Waals surface area (Å²) >= 11 is 4.76. The van der Waals surface area contributed by atoms with Crippen molar-refractivity contribution >= 4 is 40.8 Å². The summed E-state index contributed by atoms with van der Waals surface area (Å²) in [5, 5.41) is 11.6. The lowest BCUT2D eigenvalue weighted by Crippen LogP contribution is -2.37. The van der Waals surface area contributed by atoms with Gasteiger partial charge in [-0.3, -0.25) is 4.79 Å². The minimum absolute atomic E-state index is 0.113. The maximum Gasteiger partial charge on any atom is 0.230 e. The maximum atomic E-state index is 12.1. The van der Waals surface area contributed by atoms with E-state index in [0.29, 0.717) is 17.7 Å². The SMILES string of the molecule is CC(C)c1ccc(CSc2nnc(SCC(=O)NC3CCCCC3)s2)cc1. The zero-order valence-corrected chi connectivity index (χ0v) is 18.4. The molecule has 3 rings (SSSR count). The maximum absolute atomic E-state index is 12.1. The topological polar surface area (TPSA) is 54.9 Å². The first-order valence-corrected chi connectivity index (χ1v) is 12.4. The third kappa shape index (κ3) is 6.80. The molecule has 0 aliphatic heterocycles. The fourth-order valence-corrected chi connectivity index (χ4v) is 5.89. The first kappa shape index (κ1) is 20.7. The van der Waals surface area contributed by atoms with Gasteiger partial charge in [-0.25, -0.2) is 0 Å². The molecule has 0 atom stereocenters. The highest BCUT2D eigenvalue weighted by molar-refractivity contribution is 8.03. The van der Waals surface area contributed by atoms with Crippen LogP contribution in [0.15, 0.2) is 32.9 Å². The second kappa shape index (κ2) is 10.5. The van der Waals surface area contributed by atoms with Crippen molar-refractivity contribution < 1.29 is 4.79 Å². The fourth-order valence-electron chi connectivity index (χ4n) is 3.10. The molecule has 146 valence electrons. The molecular weight excluding hydrogens is 394 g/mol. The van der Waals surface area contributed by atoms with E-state index in [1.54, 1.807) is 23.1 Å². The van der Waals surface area contributed by atoms with Crippen LogP contribution in [0.1, 0.15) is 63.0 Å². The van der Waals surface area contributed by atoms with Crippen molar-refractivity contribution in [2.75, 3.05) is 5.75 Å². The molecule has 1 saturated carbocycles. The van der Waals surface area contributed by atoms with Crippen LogP contribution in [0.25, 0.3) is 0 Å². The molecule has 0 spiro atoms. The zero-order chi connectivity index (χ0) is 19.1. The Hall–Kier alpha value is -1.05. The highest BCUT2D eigenvalue weighted by Gasteiger charge is 2.16. The highest BCUT2D eigenvalue weighted by atomic mass is 32.2. The van der Waals surface area contributed by atoms with Crippen LogP contribution >= 0.6 is 34.9 Å². The summed E-state index contributed by atoms with van der Waals surface area (Å²) in [6.45, 7) is 4.42. The van der Waals surface area contributed by atoms with Gasteiger partial charge < -0.3 is 5.32 Å². The van der Waals surface area contributed by atoms with Gasteiger partial charge in [0, 0.05) is 11.8 Å². The van der Waals surface area contributed by atoms with Gasteiger partial charge in [-0.2, -0.15) is 0 Å². The number of hydrogen-bond donors (Lipinski definition) is 1. The Balaban J connectivity index is 1.40. The molecule has 27 heavy (non-hydrogen) atoms. The van der Waals surface area contributed by atoms with Crippen molar-refractivity contribution in [3.63, 3.8) is 0 Å². The molecule has 1 amide bonds. The summed E-state index contributed by atoms with van der Waals surface area (Å²) in [4.78, 5) is 12.1. The number of carbonyl (C=O) groups excluding carboxylic acids is 1. The Kier molecular flexibility index (Phi) is 8.03. The summed E-state index contributed by atoms with van der Waals surface area (Å²) in [5.41, 5.74) is 2.66.